The van der Waals surface area contributed by atoms with Gasteiger partial charge < -0.3 is 19.3 Å². The minimum atomic E-state index is -0.0588. The largest absolute Gasteiger partial charge is 0.507 e. The van der Waals surface area contributed by atoms with Crippen LogP contribution in [0.3, 0.4) is 0 Å². The van der Waals surface area contributed by atoms with Crippen LogP contribution in [0.25, 0.3) is 0 Å². The van der Waals surface area contributed by atoms with Crippen molar-refractivity contribution in [3.8, 4) is 17.2 Å². The molecule has 24 heavy (non-hydrogen) atoms. The third kappa shape index (κ3) is 2.97. The van der Waals surface area contributed by atoms with E-state index in [1.54, 1.807) is 6.07 Å². The molecule has 0 unspecified atom stereocenters. The minimum absolute atomic E-state index is 0.0588. The number of morpholine rings is 1. The number of rotatable bonds is 3. The lowest BCUT2D eigenvalue weighted by Gasteiger charge is -2.35. The predicted molar refractivity (Wildman–Crippen MR) is 92.6 cm³/mol. The van der Waals surface area contributed by atoms with Gasteiger partial charge in [0.25, 0.3) is 0 Å². The first-order chi connectivity index (χ1) is 11.7. The van der Waals surface area contributed by atoms with Crippen LogP contribution in [0.2, 0.25) is 0 Å². The molecule has 1 atom stereocenters. The SMILES string of the molecule is Oc1cc2c(cc1[C@H](c1ccc(Br)cc1)N1CCOCC1)OCO2. The fourth-order valence-corrected chi connectivity index (χ4v) is 3.50. The molecular formula is C18H18BrNO4. The van der Waals surface area contributed by atoms with E-state index in [4.69, 9.17) is 14.2 Å². The molecule has 0 bridgehead atoms. The van der Waals surface area contributed by atoms with Crippen LogP contribution in [0.4, 0.5) is 0 Å². The number of hydrogen-bond donors (Lipinski definition) is 1. The second kappa shape index (κ2) is 6.63. The van der Waals surface area contributed by atoms with Gasteiger partial charge >= 0.3 is 0 Å². The normalized spacial score (nSPS) is 18.5. The number of phenols is 1. The van der Waals surface area contributed by atoms with Gasteiger partial charge in [-0.25, -0.2) is 0 Å². The molecule has 1 saturated heterocycles. The van der Waals surface area contributed by atoms with Crippen LogP contribution in [0.1, 0.15) is 17.2 Å². The molecule has 0 amide bonds. The van der Waals surface area contributed by atoms with Gasteiger partial charge in [0, 0.05) is 29.2 Å². The molecule has 126 valence electrons. The fraction of sp³-hybridized carbons (Fsp3) is 0.333. The summed E-state index contributed by atoms with van der Waals surface area (Å²) in [6.45, 7) is 3.21. The second-order valence-corrected chi connectivity index (χ2v) is 6.78. The van der Waals surface area contributed by atoms with Crippen molar-refractivity contribution in [3.05, 3.63) is 52.0 Å². The maximum atomic E-state index is 10.6. The molecule has 4 rings (SSSR count). The Kier molecular flexibility index (Phi) is 4.35. The Morgan fingerprint density at radius 1 is 1.00 bits per heavy atom. The third-order valence-corrected chi connectivity index (χ3v) is 4.94. The Hall–Kier alpha value is -1.76. The van der Waals surface area contributed by atoms with E-state index in [0.29, 0.717) is 24.7 Å². The standard InChI is InChI=1S/C18H18BrNO4/c19-13-3-1-12(2-4-13)18(20-5-7-22-8-6-20)14-9-16-17(10-15(14)21)24-11-23-16/h1-4,9-10,18,21H,5-8,11H2/t18-/m0/s1. The number of benzene rings is 2. The summed E-state index contributed by atoms with van der Waals surface area (Å²) >= 11 is 3.48. The highest BCUT2D eigenvalue weighted by Crippen LogP contribution is 2.43. The molecule has 6 heteroatoms. The number of ether oxygens (including phenoxy) is 3. The Bertz CT molecular complexity index is 729. The van der Waals surface area contributed by atoms with Gasteiger partial charge in [-0.1, -0.05) is 28.1 Å². The number of phenolic OH excluding ortho intramolecular Hbond substituents is 1. The maximum Gasteiger partial charge on any atom is 0.231 e. The molecule has 0 spiro atoms. The Labute approximate surface area is 148 Å². The third-order valence-electron chi connectivity index (χ3n) is 4.41. The minimum Gasteiger partial charge on any atom is -0.507 e. The summed E-state index contributed by atoms with van der Waals surface area (Å²) in [7, 11) is 0. The lowest BCUT2D eigenvalue weighted by Crippen LogP contribution is -2.39. The van der Waals surface area contributed by atoms with Gasteiger partial charge in [-0.3, -0.25) is 4.90 Å². The molecule has 5 nitrogen and oxygen atoms in total. The molecule has 2 aliphatic rings. The zero-order valence-electron chi connectivity index (χ0n) is 13.1. The maximum absolute atomic E-state index is 10.6. The molecular weight excluding hydrogens is 374 g/mol. The molecule has 0 radical (unpaired) electrons. The highest BCUT2D eigenvalue weighted by molar-refractivity contribution is 9.10. The van der Waals surface area contributed by atoms with Crippen molar-refractivity contribution in [1.29, 1.82) is 0 Å². The smallest absolute Gasteiger partial charge is 0.231 e. The second-order valence-electron chi connectivity index (χ2n) is 5.87. The van der Waals surface area contributed by atoms with Gasteiger partial charge in [0.1, 0.15) is 5.75 Å². The molecule has 0 saturated carbocycles. The number of nitrogens with zero attached hydrogens (tertiary/aromatic N) is 1. The summed E-state index contributed by atoms with van der Waals surface area (Å²) < 4.78 is 17.4. The first kappa shape index (κ1) is 15.7. The summed E-state index contributed by atoms with van der Waals surface area (Å²) in [5.41, 5.74) is 1.94. The van der Waals surface area contributed by atoms with Crippen molar-refractivity contribution in [3.63, 3.8) is 0 Å². The number of fused-ring (bicyclic) bond motifs is 1. The van der Waals surface area contributed by atoms with Crippen LogP contribution in [-0.4, -0.2) is 43.1 Å². The summed E-state index contributed by atoms with van der Waals surface area (Å²) in [4.78, 5) is 2.32. The monoisotopic (exact) mass is 391 g/mol. The van der Waals surface area contributed by atoms with E-state index < -0.39 is 0 Å². The van der Waals surface area contributed by atoms with E-state index >= 15 is 0 Å². The molecule has 2 aliphatic heterocycles. The fourth-order valence-electron chi connectivity index (χ4n) is 3.23. The summed E-state index contributed by atoms with van der Waals surface area (Å²) in [5, 5.41) is 10.6. The van der Waals surface area contributed by atoms with Gasteiger partial charge in [-0.05, 0) is 23.8 Å². The Morgan fingerprint density at radius 2 is 1.67 bits per heavy atom. The molecule has 0 aromatic heterocycles. The van der Waals surface area contributed by atoms with Crippen LogP contribution in [0.5, 0.6) is 17.2 Å². The number of halogens is 1. The van der Waals surface area contributed by atoms with Gasteiger partial charge in [-0.2, -0.15) is 0 Å². The van der Waals surface area contributed by atoms with Crippen molar-refractivity contribution in [2.75, 3.05) is 33.1 Å². The summed E-state index contributed by atoms with van der Waals surface area (Å²) in [6.07, 6.45) is 0. The van der Waals surface area contributed by atoms with Crippen LogP contribution >= 0.6 is 15.9 Å². The van der Waals surface area contributed by atoms with Gasteiger partial charge in [0.15, 0.2) is 11.5 Å². The van der Waals surface area contributed by atoms with E-state index in [-0.39, 0.29) is 18.6 Å². The van der Waals surface area contributed by atoms with E-state index in [9.17, 15) is 5.11 Å². The van der Waals surface area contributed by atoms with Gasteiger partial charge in [0.05, 0.1) is 19.3 Å². The van der Waals surface area contributed by atoms with E-state index in [1.165, 1.54) is 0 Å². The van der Waals surface area contributed by atoms with Crippen molar-refractivity contribution < 1.29 is 19.3 Å². The van der Waals surface area contributed by atoms with E-state index in [1.807, 2.05) is 18.2 Å². The van der Waals surface area contributed by atoms with Crippen molar-refractivity contribution in [1.82, 2.24) is 4.90 Å². The van der Waals surface area contributed by atoms with Crippen LogP contribution in [0, 0.1) is 0 Å². The van der Waals surface area contributed by atoms with Crippen LogP contribution in [0.15, 0.2) is 40.9 Å². The first-order valence-corrected chi connectivity index (χ1v) is 8.71. The van der Waals surface area contributed by atoms with Crippen molar-refractivity contribution >= 4 is 15.9 Å². The zero-order chi connectivity index (χ0) is 16.5. The van der Waals surface area contributed by atoms with Crippen LogP contribution in [-0.2, 0) is 4.74 Å². The van der Waals surface area contributed by atoms with E-state index in [0.717, 1.165) is 28.7 Å². The average molecular weight is 392 g/mol. The zero-order valence-corrected chi connectivity index (χ0v) is 14.7. The van der Waals surface area contributed by atoms with Gasteiger partial charge in [-0.15, -0.1) is 0 Å². The molecule has 0 aliphatic carbocycles. The molecule has 1 N–H and O–H groups in total. The first-order valence-electron chi connectivity index (χ1n) is 7.92. The molecule has 2 heterocycles. The number of hydrogen-bond acceptors (Lipinski definition) is 5. The lowest BCUT2D eigenvalue weighted by atomic mass is 9.95. The molecule has 2 aromatic rings. The van der Waals surface area contributed by atoms with Crippen molar-refractivity contribution in [2.45, 2.75) is 6.04 Å². The quantitative estimate of drug-likeness (QED) is 0.869. The molecule has 2 aromatic carbocycles. The van der Waals surface area contributed by atoms with Crippen LogP contribution < -0.4 is 9.47 Å². The average Bonchev–Trinajstić information content (AvgIpc) is 3.05. The summed E-state index contributed by atoms with van der Waals surface area (Å²) in [6, 6.07) is 11.7. The van der Waals surface area contributed by atoms with E-state index in [2.05, 4.69) is 33.0 Å². The van der Waals surface area contributed by atoms with Crippen molar-refractivity contribution in [2.24, 2.45) is 0 Å². The number of aromatic hydroxyl groups is 1. The highest BCUT2D eigenvalue weighted by Gasteiger charge is 2.29. The Morgan fingerprint density at radius 3 is 2.38 bits per heavy atom. The topological polar surface area (TPSA) is 51.2 Å². The molecule has 1 fully saturated rings. The Balaban J connectivity index is 1.78. The summed E-state index contributed by atoms with van der Waals surface area (Å²) in [5.74, 6) is 1.49. The highest BCUT2D eigenvalue weighted by atomic mass is 79.9. The lowest BCUT2D eigenvalue weighted by molar-refractivity contribution is 0.0235. The predicted octanol–water partition coefficient (Wildman–Crippen LogP) is 3.31. The van der Waals surface area contributed by atoms with Gasteiger partial charge in [0.2, 0.25) is 6.79 Å².